The van der Waals surface area contributed by atoms with Gasteiger partial charge in [-0.2, -0.15) is 0 Å². The van der Waals surface area contributed by atoms with E-state index < -0.39 is 0 Å². The zero-order valence-electron chi connectivity index (χ0n) is 10.3. The third-order valence-electron chi connectivity index (χ3n) is 2.77. The summed E-state index contributed by atoms with van der Waals surface area (Å²) in [5.41, 5.74) is 5.90. The van der Waals surface area contributed by atoms with Crippen molar-refractivity contribution < 1.29 is 0 Å². The Morgan fingerprint density at radius 1 is 0.929 bits per heavy atom. The van der Waals surface area contributed by atoms with E-state index in [0.29, 0.717) is 0 Å². The molecule has 86 valence electrons. The molecule has 0 aliphatic heterocycles. The number of unbranched alkanes of at least 4 members (excludes halogenated alkanes) is 6. The largest absolute Gasteiger partial charge is 0.316 e. The minimum absolute atomic E-state index is 0.255. The van der Waals surface area contributed by atoms with Gasteiger partial charge < -0.3 is 5.73 Å². The van der Waals surface area contributed by atoms with E-state index in [4.69, 9.17) is 5.73 Å². The molecular weight excluding hydrogens is 172 g/mol. The summed E-state index contributed by atoms with van der Waals surface area (Å²) in [4.78, 5) is 2.09. The predicted octanol–water partition coefficient (Wildman–Crippen LogP) is 2.97. The summed E-state index contributed by atoms with van der Waals surface area (Å²) in [6.45, 7) is 2.26. The Balaban J connectivity index is 3.06. The summed E-state index contributed by atoms with van der Waals surface area (Å²) in [7, 11) is 4.10. The molecule has 0 bridgehead atoms. The van der Waals surface area contributed by atoms with Crippen molar-refractivity contribution in [3.05, 3.63) is 0 Å². The van der Waals surface area contributed by atoms with Crippen LogP contribution in [0.5, 0.6) is 0 Å². The van der Waals surface area contributed by atoms with Crippen molar-refractivity contribution in [2.45, 2.75) is 64.5 Å². The molecule has 0 heterocycles. The lowest BCUT2D eigenvalue weighted by Gasteiger charge is -2.19. The Morgan fingerprint density at radius 2 is 1.43 bits per heavy atom. The molecule has 0 spiro atoms. The first-order chi connectivity index (χ1) is 6.68. The van der Waals surface area contributed by atoms with Gasteiger partial charge >= 0.3 is 0 Å². The number of nitrogens with two attached hydrogens (primary N) is 1. The molecule has 0 amide bonds. The van der Waals surface area contributed by atoms with Gasteiger partial charge in [-0.1, -0.05) is 51.9 Å². The quantitative estimate of drug-likeness (QED) is 0.458. The van der Waals surface area contributed by atoms with Crippen LogP contribution < -0.4 is 5.73 Å². The molecule has 1 atom stereocenters. The van der Waals surface area contributed by atoms with E-state index in [-0.39, 0.29) is 6.17 Å². The highest BCUT2D eigenvalue weighted by molar-refractivity contribution is 4.57. The highest BCUT2D eigenvalue weighted by Gasteiger charge is 2.03. The maximum absolute atomic E-state index is 5.90. The van der Waals surface area contributed by atoms with Gasteiger partial charge in [0, 0.05) is 0 Å². The van der Waals surface area contributed by atoms with Gasteiger partial charge in [-0.05, 0) is 20.5 Å². The van der Waals surface area contributed by atoms with E-state index in [9.17, 15) is 0 Å². The second-order valence-corrected chi connectivity index (χ2v) is 4.44. The Labute approximate surface area is 89.9 Å². The van der Waals surface area contributed by atoms with Crippen LogP contribution in [0.25, 0.3) is 0 Å². The van der Waals surface area contributed by atoms with E-state index in [2.05, 4.69) is 11.8 Å². The highest BCUT2D eigenvalue weighted by atomic mass is 15.2. The summed E-state index contributed by atoms with van der Waals surface area (Å²) in [5, 5.41) is 0. The fraction of sp³-hybridized carbons (Fsp3) is 1.00. The zero-order valence-corrected chi connectivity index (χ0v) is 10.3. The average Bonchev–Trinajstić information content (AvgIpc) is 2.16. The molecule has 2 nitrogen and oxygen atoms in total. The number of rotatable bonds is 9. The van der Waals surface area contributed by atoms with E-state index in [1.165, 1.54) is 44.9 Å². The first-order valence-corrected chi connectivity index (χ1v) is 6.10. The van der Waals surface area contributed by atoms with Crippen LogP contribution in [0, 0.1) is 0 Å². The van der Waals surface area contributed by atoms with Crippen molar-refractivity contribution in [1.29, 1.82) is 0 Å². The molecular formula is C12H28N2. The van der Waals surface area contributed by atoms with Gasteiger partial charge in [-0.15, -0.1) is 0 Å². The van der Waals surface area contributed by atoms with Gasteiger partial charge in [-0.25, -0.2) is 0 Å². The molecule has 0 saturated carbocycles. The lowest BCUT2D eigenvalue weighted by Crippen LogP contribution is -2.35. The smallest absolute Gasteiger partial charge is 0.0566 e. The fourth-order valence-electron chi connectivity index (χ4n) is 1.57. The van der Waals surface area contributed by atoms with Gasteiger partial charge in [0.05, 0.1) is 6.17 Å². The molecule has 2 heteroatoms. The molecule has 0 aromatic carbocycles. The van der Waals surface area contributed by atoms with Crippen LogP contribution in [0.1, 0.15) is 58.3 Å². The lowest BCUT2D eigenvalue weighted by atomic mass is 10.1. The van der Waals surface area contributed by atoms with Crippen LogP contribution >= 0.6 is 0 Å². The third-order valence-corrected chi connectivity index (χ3v) is 2.77. The van der Waals surface area contributed by atoms with Crippen LogP contribution in [-0.2, 0) is 0 Å². The van der Waals surface area contributed by atoms with Gasteiger partial charge in [0.2, 0.25) is 0 Å². The van der Waals surface area contributed by atoms with Crippen molar-refractivity contribution in [1.82, 2.24) is 4.90 Å². The van der Waals surface area contributed by atoms with Crippen molar-refractivity contribution in [3.63, 3.8) is 0 Å². The summed E-state index contributed by atoms with van der Waals surface area (Å²) >= 11 is 0. The molecule has 14 heavy (non-hydrogen) atoms. The van der Waals surface area contributed by atoms with Crippen LogP contribution in [0.15, 0.2) is 0 Å². The fourth-order valence-corrected chi connectivity index (χ4v) is 1.57. The monoisotopic (exact) mass is 200 g/mol. The predicted molar refractivity (Wildman–Crippen MR) is 64.3 cm³/mol. The van der Waals surface area contributed by atoms with Crippen molar-refractivity contribution in [2.75, 3.05) is 14.1 Å². The van der Waals surface area contributed by atoms with Crippen LogP contribution in [0.2, 0.25) is 0 Å². The maximum Gasteiger partial charge on any atom is 0.0566 e. The summed E-state index contributed by atoms with van der Waals surface area (Å²) in [6, 6.07) is 0. The molecule has 0 aromatic rings. The Morgan fingerprint density at radius 3 is 1.93 bits per heavy atom. The van der Waals surface area contributed by atoms with Gasteiger partial charge in [0.15, 0.2) is 0 Å². The maximum atomic E-state index is 5.90. The third kappa shape index (κ3) is 8.52. The average molecular weight is 200 g/mol. The second-order valence-electron chi connectivity index (χ2n) is 4.44. The number of hydrogen-bond acceptors (Lipinski definition) is 2. The number of nitrogens with zero attached hydrogens (tertiary/aromatic N) is 1. The SMILES string of the molecule is CCCCCCCCCC(N)N(C)C. The molecule has 0 rings (SSSR count). The topological polar surface area (TPSA) is 29.3 Å². The number of hydrogen-bond donors (Lipinski definition) is 1. The molecule has 1 unspecified atom stereocenters. The first-order valence-electron chi connectivity index (χ1n) is 6.10. The molecule has 0 aromatic heterocycles. The lowest BCUT2D eigenvalue weighted by molar-refractivity contribution is 0.278. The Bertz CT molecular complexity index is 113. The van der Waals surface area contributed by atoms with E-state index in [1.807, 2.05) is 14.1 Å². The van der Waals surface area contributed by atoms with Crippen LogP contribution in [0.3, 0.4) is 0 Å². The first kappa shape index (κ1) is 13.9. The Hall–Kier alpha value is -0.0800. The van der Waals surface area contributed by atoms with Crippen LogP contribution in [0.4, 0.5) is 0 Å². The van der Waals surface area contributed by atoms with Crippen molar-refractivity contribution in [2.24, 2.45) is 5.73 Å². The molecule has 0 aliphatic rings. The van der Waals surface area contributed by atoms with Gasteiger partial charge in [-0.3, -0.25) is 4.90 Å². The van der Waals surface area contributed by atoms with Crippen LogP contribution in [-0.4, -0.2) is 25.2 Å². The van der Waals surface area contributed by atoms with Gasteiger partial charge in [0.25, 0.3) is 0 Å². The highest BCUT2D eigenvalue weighted by Crippen LogP contribution is 2.09. The van der Waals surface area contributed by atoms with Gasteiger partial charge in [0.1, 0.15) is 0 Å². The minimum Gasteiger partial charge on any atom is -0.316 e. The normalized spacial score (nSPS) is 13.5. The van der Waals surface area contributed by atoms with Crippen molar-refractivity contribution in [3.8, 4) is 0 Å². The molecule has 0 radical (unpaired) electrons. The summed E-state index contributed by atoms with van der Waals surface area (Å²) in [6.07, 6.45) is 11.0. The van der Waals surface area contributed by atoms with E-state index in [0.717, 1.165) is 6.42 Å². The Kier molecular flexibility index (Phi) is 9.42. The second kappa shape index (κ2) is 9.47. The van der Waals surface area contributed by atoms with Crippen molar-refractivity contribution >= 4 is 0 Å². The zero-order chi connectivity index (χ0) is 10.8. The summed E-state index contributed by atoms with van der Waals surface area (Å²) < 4.78 is 0. The molecule has 0 saturated heterocycles. The van der Waals surface area contributed by atoms with E-state index >= 15 is 0 Å². The van der Waals surface area contributed by atoms with E-state index in [1.54, 1.807) is 0 Å². The minimum atomic E-state index is 0.255. The summed E-state index contributed by atoms with van der Waals surface area (Å²) in [5.74, 6) is 0. The standard InChI is InChI=1S/C12H28N2/c1-4-5-6-7-8-9-10-11-12(13)14(2)3/h12H,4-11,13H2,1-3H3. The molecule has 2 N–H and O–H groups in total. The molecule has 0 aliphatic carbocycles. The molecule has 0 fully saturated rings.